The quantitative estimate of drug-likeness (QED) is 0.742. The molecule has 0 radical (unpaired) electrons. The molecule has 1 aromatic carbocycles. The molecule has 1 atom stereocenters. The van der Waals surface area contributed by atoms with Gasteiger partial charge in [-0.25, -0.2) is 0 Å². The van der Waals surface area contributed by atoms with Crippen LogP contribution in [0, 0.1) is 11.3 Å². The standard InChI is InChI=1S/C22H27N3O3S/c1-27-16-8-9-20(28-2)18(10-16)17-11-21(26)25-13-24(15-6-4-3-5-7-15)14-29-22(25)19(17)12-23/h8-10,15,17H,3-7,11,13-14H2,1-2H3/t17-/m0/s1. The van der Waals surface area contributed by atoms with E-state index in [0.717, 1.165) is 16.5 Å². The van der Waals surface area contributed by atoms with Crippen molar-refractivity contribution in [3.8, 4) is 17.6 Å². The number of nitrogens with zero attached hydrogens (tertiary/aromatic N) is 3. The predicted octanol–water partition coefficient (Wildman–Crippen LogP) is 4.05. The van der Waals surface area contributed by atoms with Crippen molar-refractivity contribution in [2.45, 2.75) is 50.5 Å². The number of carbonyl (C=O) groups excluding carboxylic acids is 1. The highest BCUT2D eigenvalue weighted by molar-refractivity contribution is 8.03. The Morgan fingerprint density at radius 3 is 2.66 bits per heavy atom. The van der Waals surface area contributed by atoms with Crippen molar-refractivity contribution in [3.63, 3.8) is 0 Å². The van der Waals surface area contributed by atoms with Crippen LogP contribution in [0.3, 0.4) is 0 Å². The van der Waals surface area contributed by atoms with E-state index in [1.807, 2.05) is 23.1 Å². The molecule has 29 heavy (non-hydrogen) atoms. The zero-order chi connectivity index (χ0) is 20.4. The van der Waals surface area contributed by atoms with Gasteiger partial charge in [-0.15, -0.1) is 0 Å². The lowest BCUT2D eigenvalue weighted by Gasteiger charge is -2.44. The molecular weight excluding hydrogens is 386 g/mol. The topological polar surface area (TPSA) is 65.8 Å². The molecule has 1 amide bonds. The largest absolute Gasteiger partial charge is 0.497 e. The van der Waals surface area contributed by atoms with E-state index in [1.165, 1.54) is 32.1 Å². The molecule has 6 nitrogen and oxygen atoms in total. The molecule has 1 saturated heterocycles. The van der Waals surface area contributed by atoms with E-state index >= 15 is 0 Å². The number of amides is 1. The van der Waals surface area contributed by atoms with Crippen LogP contribution in [0.2, 0.25) is 0 Å². The highest BCUT2D eigenvalue weighted by atomic mass is 32.2. The molecule has 7 heteroatoms. The lowest BCUT2D eigenvalue weighted by atomic mass is 9.85. The van der Waals surface area contributed by atoms with E-state index < -0.39 is 0 Å². The normalized spacial score (nSPS) is 23.6. The smallest absolute Gasteiger partial charge is 0.229 e. The number of thioether (sulfide) groups is 1. The van der Waals surface area contributed by atoms with Crippen LogP contribution in [0.15, 0.2) is 28.8 Å². The second kappa shape index (κ2) is 8.68. The summed E-state index contributed by atoms with van der Waals surface area (Å²) in [4.78, 5) is 17.4. The maximum atomic E-state index is 13.1. The molecule has 3 aliphatic rings. The summed E-state index contributed by atoms with van der Waals surface area (Å²) in [7, 11) is 3.22. The number of methoxy groups -OCH3 is 2. The number of hydrogen-bond acceptors (Lipinski definition) is 6. The Bertz CT molecular complexity index is 857. The van der Waals surface area contributed by atoms with Crippen LogP contribution in [0.4, 0.5) is 0 Å². The molecule has 0 bridgehead atoms. The van der Waals surface area contributed by atoms with Crippen LogP contribution in [0.1, 0.15) is 50.0 Å². The van der Waals surface area contributed by atoms with Crippen molar-refractivity contribution >= 4 is 17.7 Å². The van der Waals surface area contributed by atoms with Gasteiger partial charge in [-0.2, -0.15) is 5.26 Å². The highest BCUT2D eigenvalue weighted by Gasteiger charge is 2.40. The number of benzene rings is 1. The lowest BCUT2D eigenvalue weighted by molar-refractivity contribution is -0.132. The van der Waals surface area contributed by atoms with Crippen LogP contribution in [0.25, 0.3) is 0 Å². The Kier molecular flexibility index (Phi) is 6.02. The number of nitriles is 1. The summed E-state index contributed by atoms with van der Waals surface area (Å²) < 4.78 is 10.9. The molecule has 154 valence electrons. The second-order valence-corrected chi connectivity index (χ2v) is 8.75. The number of allylic oxidation sites excluding steroid dienone is 1. The van der Waals surface area contributed by atoms with E-state index in [2.05, 4.69) is 11.0 Å². The first-order valence-corrected chi connectivity index (χ1v) is 11.2. The number of ether oxygens (including phenoxy) is 2. The molecule has 0 unspecified atom stereocenters. The van der Waals surface area contributed by atoms with Crippen molar-refractivity contribution in [2.24, 2.45) is 0 Å². The molecule has 2 aliphatic heterocycles. The van der Waals surface area contributed by atoms with Crippen LogP contribution in [0.5, 0.6) is 11.5 Å². The number of rotatable bonds is 4. The van der Waals surface area contributed by atoms with Crippen molar-refractivity contribution in [2.75, 3.05) is 26.8 Å². The number of fused-ring (bicyclic) bond motifs is 1. The van der Waals surface area contributed by atoms with Gasteiger partial charge in [0, 0.05) is 23.9 Å². The van der Waals surface area contributed by atoms with Gasteiger partial charge in [-0.05, 0) is 31.0 Å². The minimum atomic E-state index is -0.308. The van der Waals surface area contributed by atoms with E-state index in [1.54, 1.807) is 26.0 Å². The predicted molar refractivity (Wildman–Crippen MR) is 112 cm³/mol. The Balaban J connectivity index is 1.66. The van der Waals surface area contributed by atoms with Gasteiger partial charge in [0.2, 0.25) is 5.91 Å². The molecule has 0 N–H and O–H groups in total. The third-order valence-corrected chi connectivity index (χ3v) is 7.39. The van der Waals surface area contributed by atoms with Gasteiger partial charge >= 0.3 is 0 Å². The van der Waals surface area contributed by atoms with Crippen LogP contribution in [-0.4, -0.2) is 48.5 Å². The number of carbonyl (C=O) groups is 1. The summed E-state index contributed by atoms with van der Waals surface area (Å²) in [6.45, 7) is 0.596. The maximum absolute atomic E-state index is 13.1. The molecule has 0 spiro atoms. The average molecular weight is 414 g/mol. The number of hydrogen-bond donors (Lipinski definition) is 0. The van der Waals surface area contributed by atoms with Crippen molar-refractivity contribution in [3.05, 3.63) is 34.4 Å². The molecule has 4 rings (SSSR count). The SMILES string of the molecule is COc1ccc(OC)c([C@@H]2CC(=O)N3CN(C4CCCCC4)CSC3=C2C#N)c1. The molecule has 0 aromatic heterocycles. The van der Waals surface area contributed by atoms with E-state index in [9.17, 15) is 10.1 Å². The fourth-order valence-electron chi connectivity index (χ4n) is 4.63. The average Bonchev–Trinajstić information content (AvgIpc) is 2.79. The monoisotopic (exact) mass is 413 g/mol. The third-order valence-electron chi connectivity index (χ3n) is 6.22. The molecular formula is C22H27N3O3S. The molecule has 2 heterocycles. The lowest BCUT2D eigenvalue weighted by Crippen LogP contribution is -2.51. The van der Waals surface area contributed by atoms with Crippen LogP contribution in [-0.2, 0) is 4.79 Å². The molecule has 1 saturated carbocycles. The van der Waals surface area contributed by atoms with Crippen LogP contribution >= 0.6 is 11.8 Å². The summed E-state index contributed by atoms with van der Waals surface area (Å²) in [6.07, 6.45) is 6.53. The highest BCUT2D eigenvalue weighted by Crippen LogP contribution is 2.46. The first-order valence-electron chi connectivity index (χ1n) is 10.2. The Morgan fingerprint density at radius 1 is 1.17 bits per heavy atom. The van der Waals surface area contributed by atoms with E-state index in [0.29, 0.717) is 29.8 Å². The van der Waals surface area contributed by atoms with Gasteiger partial charge in [-0.3, -0.25) is 14.6 Å². The summed E-state index contributed by atoms with van der Waals surface area (Å²) in [5, 5.41) is 10.8. The van der Waals surface area contributed by atoms with E-state index in [4.69, 9.17) is 9.47 Å². The summed E-state index contributed by atoms with van der Waals surface area (Å²) in [5.74, 6) is 1.96. The minimum absolute atomic E-state index is 0.0712. The van der Waals surface area contributed by atoms with Gasteiger partial charge in [0.05, 0.1) is 43.4 Å². The van der Waals surface area contributed by atoms with Gasteiger partial charge < -0.3 is 9.47 Å². The maximum Gasteiger partial charge on any atom is 0.229 e. The third kappa shape index (κ3) is 3.84. The van der Waals surface area contributed by atoms with Crippen molar-refractivity contribution < 1.29 is 14.3 Å². The van der Waals surface area contributed by atoms with Gasteiger partial charge in [-0.1, -0.05) is 31.0 Å². The fourth-order valence-corrected chi connectivity index (χ4v) is 5.87. The molecule has 1 aromatic rings. The summed E-state index contributed by atoms with van der Waals surface area (Å²) in [5.41, 5.74) is 1.49. The molecule has 1 aliphatic carbocycles. The van der Waals surface area contributed by atoms with Gasteiger partial charge in [0.15, 0.2) is 0 Å². The zero-order valence-electron chi connectivity index (χ0n) is 17.0. The van der Waals surface area contributed by atoms with Gasteiger partial charge in [0.25, 0.3) is 0 Å². The Hall–Kier alpha value is -2.17. The minimum Gasteiger partial charge on any atom is -0.497 e. The molecule has 2 fully saturated rings. The first-order chi connectivity index (χ1) is 14.2. The summed E-state index contributed by atoms with van der Waals surface area (Å²) in [6, 6.07) is 8.50. The van der Waals surface area contributed by atoms with Crippen molar-refractivity contribution in [1.29, 1.82) is 5.26 Å². The van der Waals surface area contributed by atoms with Crippen LogP contribution < -0.4 is 9.47 Å². The van der Waals surface area contributed by atoms with Crippen molar-refractivity contribution in [1.82, 2.24) is 9.80 Å². The Morgan fingerprint density at radius 2 is 1.97 bits per heavy atom. The summed E-state index contributed by atoms with van der Waals surface area (Å²) >= 11 is 1.62. The first kappa shape index (κ1) is 20.1. The fraction of sp³-hybridized carbons (Fsp3) is 0.545. The van der Waals surface area contributed by atoms with Gasteiger partial charge in [0.1, 0.15) is 11.5 Å². The Labute approximate surface area is 176 Å². The van der Waals surface area contributed by atoms with E-state index in [-0.39, 0.29) is 18.2 Å². The second-order valence-electron chi connectivity index (χ2n) is 7.81. The zero-order valence-corrected chi connectivity index (χ0v) is 17.8.